The molecule has 1 N–H and O–H groups in total. The summed E-state index contributed by atoms with van der Waals surface area (Å²) in [5.41, 5.74) is 1.03. The molecule has 1 heterocycles. The van der Waals surface area contributed by atoms with Crippen molar-refractivity contribution in [1.29, 1.82) is 0 Å². The molecule has 1 aromatic rings. The summed E-state index contributed by atoms with van der Waals surface area (Å²) in [6, 6.07) is 0. The number of methoxy groups -OCH3 is 1. The van der Waals surface area contributed by atoms with Gasteiger partial charge in [0.2, 0.25) is 0 Å². The van der Waals surface area contributed by atoms with Gasteiger partial charge in [-0.15, -0.1) is 0 Å². The topological polar surface area (TPSA) is 47.0 Å². The van der Waals surface area contributed by atoms with E-state index in [1.54, 1.807) is 7.11 Å². The van der Waals surface area contributed by atoms with Gasteiger partial charge in [-0.3, -0.25) is 0 Å². The highest BCUT2D eigenvalue weighted by atomic mass is 127. The second-order valence-corrected chi connectivity index (χ2v) is 7.09. The van der Waals surface area contributed by atoms with Crippen LogP contribution in [0.1, 0.15) is 58.2 Å². The largest absolute Gasteiger partial charge is 0.373 e. The SMILES string of the molecule is CNc1nc(C(OC)C(C)(C)C)nc(C(C)C)c1I. The lowest BCUT2D eigenvalue weighted by Gasteiger charge is -2.29. The molecule has 0 aliphatic carbocycles. The maximum Gasteiger partial charge on any atom is 0.160 e. The standard InChI is InChI=1S/C14H24IN3O/c1-8(2)10-9(15)12(16-6)18-13(17-10)11(19-7)14(3,4)5/h8,11H,1-7H3,(H,16,17,18). The van der Waals surface area contributed by atoms with Gasteiger partial charge >= 0.3 is 0 Å². The van der Waals surface area contributed by atoms with E-state index < -0.39 is 0 Å². The maximum absolute atomic E-state index is 5.62. The van der Waals surface area contributed by atoms with Crippen molar-refractivity contribution in [2.45, 2.75) is 46.6 Å². The van der Waals surface area contributed by atoms with Crippen molar-refractivity contribution in [3.63, 3.8) is 0 Å². The molecule has 0 fully saturated rings. The zero-order chi connectivity index (χ0) is 14.8. The number of ether oxygens (including phenoxy) is 1. The summed E-state index contributed by atoms with van der Waals surface area (Å²) in [4.78, 5) is 9.35. The molecule has 0 aliphatic heterocycles. The fourth-order valence-corrected chi connectivity index (χ4v) is 3.13. The maximum atomic E-state index is 5.62. The summed E-state index contributed by atoms with van der Waals surface area (Å²) < 4.78 is 6.71. The molecule has 1 unspecified atom stereocenters. The predicted octanol–water partition coefficient (Wildman–Crippen LogP) is 3.98. The Bertz CT molecular complexity index is 441. The lowest BCUT2D eigenvalue weighted by atomic mass is 9.88. The quantitative estimate of drug-likeness (QED) is 0.807. The smallest absolute Gasteiger partial charge is 0.160 e. The van der Waals surface area contributed by atoms with Crippen LogP contribution in [0.2, 0.25) is 0 Å². The van der Waals surface area contributed by atoms with Gasteiger partial charge in [0.15, 0.2) is 5.82 Å². The van der Waals surface area contributed by atoms with Gasteiger partial charge in [-0.25, -0.2) is 9.97 Å². The molecule has 4 nitrogen and oxygen atoms in total. The van der Waals surface area contributed by atoms with Crippen LogP contribution in [0.25, 0.3) is 0 Å². The minimum Gasteiger partial charge on any atom is -0.373 e. The van der Waals surface area contributed by atoms with E-state index >= 15 is 0 Å². The van der Waals surface area contributed by atoms with Crippen molar-refractivity contribution in [3.8, 4) is 0 Å². The first-order chi connectivity index (χ1) is 8.72. The third-order valence-electron chi connectivity index (χ3n) is 2.93. The van der Waals surface area contributed by atoms with Gasteiger partial charge in [-0.2, -0.15) is 0 Å². The molecule has 1 rings (SSSR count). The van der Waals surface area contributed by atoms with Gasteiger partial charge in [0, 0.05) is 14.2 Å². The monoisotopic (exact) mass is 377 g/mol. The summed E-state index contributed by atoms with van der Waals surface area (Å²) in [7, 11) is 3.60. The summed E-state index contributed by atoms with van der Waals surface area (Å²) in [6.07, 6.45) is -0.117. The fourth-order valence-electron chi connectivity index (χ4n) is 1.99. The predicted molar refractivity (Wildman–Crippen MR) is 87.6 cm³/mol. The van der Waals surface area contributed by atoms with Crippen molar-refractivity contribution in [2.24, 2.45) is 5.41 Å². The first-order valence-electron chi connectivity index (χ1n) is 6.50. The third-order valence-corrected chi connectivity index (χ3v) is 4.00. The Morgan fingerprint density at radius 2 is 1.79 bits per heavy atom. The lowest BCUT2D eigenvalue weighted by molar-refractivity contribution is 0.00855. The van der Waals surface area contributed by atoms with Crippen LogP contribution >= 0.6 is 22.6 Å². The second kappa shape index (κ2) is 6.35. The number of anilines is 1. The highest BCUT2D eigenvalue weighted by molar-refractivity contribution is 14.1. The van der Waals surface area contributed by atoms with Crippen LogP contribution in [0.3, 0.4) is 0 Å². The van der Waals surface area contributed by atoms with Gasteiger partial charge in [0.25, 0.3) is 0 Å². The Morgan fingerprint density at radius 1 is 1.21 bits per heavy atom. The Hall–Kier alpha value is -0.430. The molecule has 0 aliphatic rings. The highest BCUT2D eigenvalue weighted by Crippen LogP contribution is 2.36. The average Bonchev–Trinajstić information content (AvgIpc) is 2.29. The van der Waals surface area contributed by atoms with E-state index in [1.165, 1.54) is 0 Å². The number of aromatic nitrogens is 2. The van der Waals surface area contributed by atoms with Gasteiger partial charge in [-0.05, 0) is 33.9 Å². The molecular weight excluding hydrogens is 353 g/mol. The van der Waals surface area contributed by atoms with Crippen LogP contribution in [-0.4, -0.2) is 24.1 Å². The molecule has 108 valence electrons. The number of rotatable bonds is 4. The van der Waals surface area contributed by atoms with Crippen LogP contribution in [-0.2, 0) is 4.74 Å². The molecule has 0 amide bonds. The van der Waals surface area contributed by atoms with E-state index in [9.17, 15) is 0 Å². The molecule has 19 heavy (non-hydrogen) atoms. The summed E-state index contributed by atoms with van der Waals surface area (Å²) in [5.74, 6) is 1.99. The van der Waals surface area contributed by atoms with E-state index in [-0.39, 0.29) is 11.5 Å². The highest BCUT2D eigenvalue weighted by Gasteiger charge is 2.30. The van der Waals surface area contributed by atoms with Crippen LogP contribution in [0.5, 0.6) is 0 Å². The molecule has 0 bridgehead atoms. The van der Waals surface area contributed by atoms with Crippen molar-refractivity contribution in [2.75, 3.05) is 19.5 Å². The van der Waals surface area contributed by atoms with Crippen molar-refractivity contribution in [3.05, 3.63) is 15.1 Å². The number of nitrogens with zero attached hydrogens (tertiary/aromatic N) is 2. The van der Waals surface area contributed by atoms with E-state index in [0.717, 1.165) is 20.9 Å². The molecule has 0 saturated heterocycles. The van der Waals surface area contributed by atoms with E-state index in [0.29, 0.717) is 5.92 Å². The zero-order valence-corrected chi connectivity index (χ0v) is 15.0. The second-order valence-electron chi connectivity index (χ2n) is 6.02. The lowest BCUT2D eigenvalue weighted by Crippen LogP contribution is -2.24. The van der Waals surface area contributed by atoms with E-state index in [4.69, 9.17) is 9.72 Å². The Labute approximate surface area is 129 Å². The first-order valence-corrected chi connectivity index (χ1v) is 7.58. The van der Waals surface area contributed by atoms with Crippen LogP contribution in [0.4, 0.5) is 5.82 Å². The number of hydrogen-bond donors (Lipinski definition) is 1. The Balaban J connectivity index is 3.40. The van der Waals surface area contributed by atoms with E-state index in [2.05, 4.69) is 67.5 Å². The van der Waals surface area contributed by atoms with Gasteiger partial charge in [0.1, 0.15) is 11.9 Å². The molecule has 0 saturated carbocycles. The van der Waals surface area contributed by atoms with Crippen molar-refractivity contribution >= 4 is 28.4 Å². The summed E-state index contributed by atoms with van der Waals surface area (Å²) >= 11 is 2.30. The zero-order valence-electron chi connectivity index (χ0n) is 12.8. The van der Waals surface area contributed by atoms with Crippen molar-refractivity contribution in [1.82, 2.24) is 9.97 Å². The molecule has 5 heteroatoms. The molecule has 1 atom stereocenters. The number of halogens is 1. The van der Waals surface area contributed by atoms with Crippen LogP contribution in [0.15, 0.2) is 0 Å². The van der Waals surface area contributed by atoms with Crippen LogP contribution < -0.4 is 5.32 Å². The molecule has 1 aromatic heterocycles. The van der Waals surface area contributed by atoms with E-state index in [1.807, 2.05) is 7.05 Å². The third kappa shape index (κ3) is 3.78. The Kier molecular flexibility index (Phi) is 5.55. The molecule has 0 spiro atoms. The fraction of sp³-hybridized carbons (Fsp3) is 0.714. The molecule has 0 aromatic carbocycles. The minimum atomic E-state index is -0.117. The summed E-state index contributed by atoms with van der Waals surface area (Å²) in [6.45, 7) is 10.7. The normalized spacial score (nSPS) is 13.7. The first kappa shape index (κ1) is 16.6. The van der Waals surface area contributed by atoms with Crippen LogP contribution in [0, 0.1) is 8.99 Å². The molecule has 0 radical (unpaired) electrons. The Morgan fingerprint density at radius 3 is 2.16 bits per heavy atom. The summed E-state index contributed by atoms with van der Waals surface area (Å²) in [5, 5.41) is 3.15. The van der Waals surface area contributed by atoms with Gasteiger partial charge in [0.05, 0.1) is 9.26 Å². The number of hydrogen-bond acceptors (Lipinski definition) is 4. The minimum absolute atomic E-state index is 0.0409. The average molecular weight is 377 g/mol. The van der Waals surface area contributed by atoms with Gasteiger partial charge in [-0.1, -0.05) is 34.6 Å². The molecular formula is C14H24IN3O. The van der Waals surface area contributed by atoms with Gasteiger partial charge < -0.3 is 10.1 Å². The number of nitrogens with one attached hydrogen (secondary N) is 1. The van der Waals surface area contributed by atoms with Crippen molar-refractivity contribution < 1.29 is 4.74 Å².